The van der Waals surface area contributed by atoms with E-state index in [9.17, 15) is 4.79 Å². The first-order valence-corrected chi connectivity index (χ1v) is 9.73. The summed E-state index contributed by atoms with van der Waals surface area (Å²) in [6.07, 6.45) is 0. The molecule has 0 aliphatic carbocycles. The van der Waals surface area contributed by atoms with Gasteiger partial charge in [0, 0.05) is 17.1 Å². The Morgan fingerprint density at radius 2 is 1.93 bits per heavy atom. The van der Waals surface area contributed by atoms with Gasteiger partial charge in [0.15, 0.2) is 0 Å². The number of carbonyl (C=O) groups excluding carboxylic acids is 1. The van der Waals surface area contributed by atoms with Crippen LogP contribution in [0.1, 0.15) is 11.5 Å². The number of nitrogens with one attached hydrogen (secondary N) is 1. The summed E-state index contributed by atoms with van der Waals surface area (Å²) in [6.45, 7) is 0.471. The van der Waals surface area contributed by atoms with Crippen LogP contribution >= 0.6 is 23.4 Å². The quantitative estimate of drug-likeness (QED) is 0.613. The van der Waals surface area contributed by atoms with E-state index in [-0.39, 0.29) is 5.91 Å². The zero-order chi connectivity index (χ0) is 19.1. The smallest absolute Gasteiger partial charge is 0.236 e. The number of amides is 1. The molecule has 0 saturated heterocycles. The summed E-state index contributed by atoms with van der Waals surface area (Å²) in [5.74, 6) is 2.50. The van der Waals surface area contributed by atoms with Gasteiger partial charge in [-0.05, 0) is 42.0 Å². The molecule has 8 heteroatoms. The average molecular weight is 404 g/mol. The van der Waals surface area contributed by atoms with Crippen LogP contribution in [0.2, 0.25) is 5.02 Å². The number of benzene rings is 2. The largest absolute Gasteiger partial charge is 0.497 e. The Labute approximate surface area is 166 Å². The third-order valence-corrected chi connectivity index (χ3v) is 4.85. The first-order valence-electron chi connectivity index (χ1n) is 8.20. The van der Waals surface area contributed by atoms with Gasteiger partial charge in [-0.1, -0.05) is 28.9 Å². The van der Waals surface area contributed by atoms with E-state index in [4.69, 9.17) is 20.9 Å². The van der Waals surface area contributed by atoms with Gasteiger partial charge in [-0.3, -0.25) is 4.79 Å². The van der Waals surface area contributed by atoms with Crippen LogP contribution in [0.25, 0.3) is 11.4 Å². The molecule has 1 amide bonds. The predicted octanol–water partition coefficient (Wildman–Crippen LogP) is 3.95. The van der Waals surface area contributed by atoms with Crippen molar-refractivity contribution in [3.05, 3.63) is 65.0 Å². The lowest BCUT2D eigenvalue weighted by atomic mass is 10.2. The molecule has 0 fully saturated rings. The summed E-state index contributed by atoms with van der Waals surface area (Å²) in [4.78, 5) is 16.3. The van der Waals surface area contributed by atoms with Crippen LogP contribution in [0.4, 0.5) is 0 Å². The second-order valence-corrected chi connectivity index (χ2v) is 7.06. The molecule has 0 atom stereocenters. The minimum atomic E-state index is -0.0511. The summed E-state index contributed by atoms with van der Waals surface area (Å²) in [5.41, 5.74) is 1.84. The standard InChI is InChI=1S/C19H18ClN3O3S/c1-25-16-8-4-14(5-9-16)19-22-18(26-23-19)12-27-11-17(24)21-10-13-2-6-15(20)7-3-13/h2-9H,10-12H2,1H3,(H,21,24). The van der Waals surface area contributed by atoms with Gasteiger partial charge in [0.25, 0.3) is 0 Å². The van der Waals surface area contributed by atoms with Crippen LogP contribution < -0.4 is 10.1 Å². The molecule has 1 aromatic heterocycles. The summed E-state index contributed by atoms with van der Waals surface area (Å²) in [7, 11) is 1.62. The zero-order valence-corrected chi connectivity index (χ0v) is 16.2. The van der Waals surface area contributed by atoms with Gasteiger partial charge in [0.05, 0.1) is 18.6 Å². The number of carbonyl (C=O) groups is 1. The van der Waals surface area contributed by atoms with E-state index in [0.29, 0.717) is 34.8 Å². The van der Waals surface area contributed by atoms with Crippen molar-refractivity contribution in [3.8, 4) is 17.1 Å². The van der Waals surface area contributed by atoms with E-state index < -0.39 is 0 Å². The maximum absolute atomic E-state index is 11.9. The molecule has 27 heavy (non-hydrogen) atoms. The Morgan fingerprint density at radius 3 is 2.63 bits per heavy atom. The highest BCUT2D eigenvalue weighted by atomic mass is 35.5. The van der Waals surface area contributed by atoms with Gasteiger partial charge in [-0.2, -0.15) is 4.98 Å². The van der Waals surface area contributed by atoms with Crippen LogP contribution in [-0.2, 0) is 17.1 Å². The topological polar surface area (TPSA) is 77.2 Å². The summed E-state index contributed by atoms with van der Waals surface area (Å²) in [5, 5.41) is 7.51. The number of thioether (sulfide) groups is 1. The second kappa shape index (κ2) is 9.43. The molecule has 0 saturated carbocycles. The number of ether oxygens (including phenoxy) is 1. The lowest BCUT2D eigenvalue weighted by Gasteiger charge is -2.04. The van der Waals surface area contributed by atoms with E-state index in [1.807, 2.05) is 36.4 Å². The molecule has 0 aliphatic heterocycles. The molecule has 3 rings (SSSR count). The highest BCUT2D eigenvalue weighted by molar-refractivity contribution is 7.99. The number of rotatable bonds is 8. The highest BCUT2D eigenvalue weighted by Crippen LogP contribution is 2.21. The molecule has 0 radical (unpaired) electrons. The minimum Gasteiger partial charge on any atom is -0.497 e. The van der Waals surface area contributed by atoms with Crippen molar-refractivity contribution in [2.24, 2.45) is 0 Å². The van der Waals surface area contributed by atoms with Crippen LogP contribution in [0.15, 0.2) is 53.1 Å². The minimum absolute atomic E-state index is 0.0511. The summed E-state index contributed by atoms with van der Waals surface area (Å²) in [6, 6.07) is 14.8. The first kappa shape index (κ1) is 19.3. The number of aromatic nitrogens is 2. The number of hydrogen-bond acceptors (Lipinski definition) is 6. The SMILES string of the molecule is COc1ccc(-c2noc(CSCC(=O)NCc3ccc(Cl)cc3)n2)cc1. The van der Waals surface area contributed by atoms with Crippen molar-refractivity contribution < 1.29 is 14.1 Å². The molecule has 1 N–H and O–H groups in total. The number of methoxy groups -OCH3 is 1. The van der Waals surface area contributed by atoms with Crippen LogP contribution in [0.3, 0.4) is 0 Å². The van der Waals surface area contributed by atoms with Gasteiger partial charge < -0.3 is 14.6 Å². The van der Waals surface area contributed by atoms with Crippen molar-refractivity contribution in [1.29, 1.82) is 0 Å². The van der Waals surface area contributed by atoms with Crippen LogP contribution in [0, 0.1) is 0 Å². The second-order valence-electron chi connectivity index (χ2n) is 5.64. The summed E-state index contributed by atoms with van der Waals surface area (Å²) >= 11 is 7.26. The van der Waals surface area contributed by atoms with Gasteiger partial charge in [-0.25, -0.2) is 0 Å². The number of hydrogen-bond donors (Lipinski definition) is 1. The van der Waals surface area contributed by atoms with Crippen LogP contribution in [0.5, 0.6) is 5.75 Å². The maximum Gasteiger partial charge on any atom is 0.236 e. The molecule has 140 valence electrons. The Morgan fingerprint density at radius 1 is 1.19 bits per heavy atom. The third kappa shape index (κ3) is 5.74. The average Bonchev–Trinajstić information content (AvgIpc) is 3.16. The Hall–Kier alpha value is -2.51. The highest BCUT2D eigenvalue weighted by Gasteiger charge is 2.10. The molecule has 2 aromatic carbocycles. The molecular weight excluding hydrogens is 386 g/mol. The van der Waals surface area contributed by atoms with Crippen LogP contribution in [-0.4, -0.2) is 28.9 Å². The van der Waals surface area contributed by atoms with Crippen molar-refractivity contribution in [2.75, 3.05) is 12.9 Å². The third-order valence-electron chi connectivity index (χ3n) is 3.68. The molecule has 0 unspecified atom stereocenters. The van der Waals surface area contributed by atoms with Crippen molar-refractivity contribution >= 4 is 29.3 Å². The van der Waals surface area contributed by atoms with E-state index in [0.717, 1.165) is 16.9 Å². The van der Waals surface area contributed by atoms with Crippen molar-refractivity contribution in [1.82, 2.24) is 15.5 Å². The first-order chi connectivity index (χ1) is 13.1. The van der Waals surface area contributed by atoms with Crippen molar-refractivity contribution in [3.63, 3.8) is 0 Å². The molecule has 0 bridgehead atoms. The van der Waals surface area contributed by atoms with E-state index >= 15 is 0 Å². The summed E-state index contributed by atoms with van der Waals surface area (Å²) < 4.78 is 10.4. The molecule has 1 heterocycles. The molecule has 0 spiro atoms. The van der Waals surface area contributed by atoms with Gasteiger partial charge in [0.2, 0.25) is 17.6 Å². The maximum atomic E-state index is 11.9. The van der Waals surface area contributed by atoms with E-state index in [1.54, 1.807) is 19.2 Å². The van der Waals surface area contributed by atoms with E-state index in [1.165, 1.54) is 11.8 Å². The number of nitrogens with zero attached hydrogens (tertiary/aromatic N) is 2. The molecular formula is C19H18ClN3O3S. The molecule has 0 aliphatic rings. The van der Waals surface area contributed by atoms with Gasteiger partial charge in [0.1, 0.15) is 5.75 Å². The fourth-order valence-electron chi connectivity index (χ4n) is 2.26. The van der Waals surface area contributed by atoms with Crippen molar-refractivity contribution in [2.45, 2.75) is 12.3 Å². The predicted molar refractivity (Wildman–Crippen MR) is 106 cm³/mol. The number of halogens is 1. The molecule has 3 aromatic rings. The fraction of sp³-hybridized carbons (Fsp3) is 0.211. The lowest BCUT2D eigenvalue weighted by molar-refractivity contribution is -0.118. The monoisotopic (exact) mass is 403 g/mol. The Bertz CT molecular complexity index is 882. The lowest BCUT2D eigenvalue weighted by Crippen LogP contribution is -2.24. The molecule has 6 nitrogen and oxygen atoms in total. The Balaban J connectivity index is 1.43. The zero-order valence-electron chi connectivity index (χ0n) is 14.6. The van der Waals surface area contributed by atoms with Gasteiger partial charge >= 0.3 is 0 Å². The fourth-order valence-corrected chi connectivity index (χ4v) is 3.06. The van der Waals surface area contributed by atoms with E-state index in [2.05, 4.69) is 15.5 Å². The Kier molecular flexibility index (Phi) is 6.73. The normalized spacial score (nSPS) is 10.6. The van der Waals surface area contributed by atoms with Gasteiger partial charge in [-0.15, -0.1) is 11.8 Å².